The summed E-state index contributed by atoms with van der Waals surface area (Å²) < 4.78 is 51.9. The number of nitrogens with zero attached hydrogens (tertiary/aromatic N) is 6. The van der Waals surface area contributed by atoms with Gasteiger partial charge in [-0.2, -0.15) is 0 Å². The maximum Gasteiger partial charge on any atom is 0.488 e. The van der Waals surface area contributed by atoms with Gasteiger partial charge in [0.1, 0.15) is 16.0 Å². The van der Waals surface area contributed by atoms with E-state index in [1.807, 2.05) is 74.0 Å². The molecular formula is C46H52BBrN10O10S2. The summed E-state index contributed by atoms with van der Waals surface area (Å²) >= 11 is 3.12. The second-order valence-electron chi connectivity index (χ2n) is 16.0. The number of carbonyl (C=O) groups is 4. The highest BCUT2D eigenvalue weighted by molar-refractivity contribution is 9.10. The largest absolute Gasteiger partial charge is 0.488 e. The number of sulfonamides is 2. The van der Waals surface area contributed by atoms with E-state index in [2.05, 4.69) is 45.7 Å². The first-order valence-electron chi connectivity index (χ1n) is 20.9. The summed E-state index contributed by atoms with van der Waals surface area (Å²) in [7, 11) is -1.23. The van der Waals surface area contributed by atoms with Crippen molar-refractivity contribution in [3.05, 3.63) is 148 Å². The number of ketones is 2. The third-order valence-electron chi connectivity index (χ3n) is 9.38. The van der Waals surface area contributed by atoms with E-state index in [0.29, 0.717) is 26.9 Å². The lowest BCUT2D eigenvalue weighted by atomic mass is 9.80. The van der Waals surface area contributed by atoms with E-state index in [1.165, 1.54) is 60.9 Å². The number of hydrogen-bond acceptors (Lipinski definition) is 18. The third-order valence-corrected chi connectivity index (χ3v) is 12.7. The Hall–Kier alpha value is -6.80. The molecule has 0 saturated heterocycles. The number of hydrogen-bond donors (Lipinski definition) is 6. The van der Waals surface area contributed by atoms with Crippen molar-refractivity contribution in [2.75, 3.05) is 39.7 Å². The molecule has 0 spiro atoms. The number of nitrogen functional groups attached to an aromatic ring is 2. The van der Waals surface area contributed by atoms with Crippen LogP contribution in [-0.4, -0.2) is 115 Å². The van der Waals surface area contributed by atoms with Crippen LogP contribution in [0.1, 0.15) is 57.1 Å². The average molecular weight is 1060 g/mol. The van der Waals surface area contributed by atoms with E-state index >= 15 is 0 Å². The fourth-order valence-corrected chi connectivity index (χ4v) is 8.50. The monoisotopic (exact) mass is 1060 g/mol. The number of halogens is 1. The Bertz CT molecular complexity index is 3020. The van der Waals surface area contributed by atoms with Crippen LogP contribution in [0.3, 0.4) is 0 Å². The summed E-state index contributed by atoms with van der Waals surface area (Å²) in [4.78, 5) is 67.4. The third kappa shape index (κ3) is 17.3. The zero-order valence-electron chi connectivity index (χ0n) is 39.0. The van der Waals surface area contributed by atoms with Crippen LogP contribution in [-0.2, 0) is 55.6 Å². The molecule has 20 nitrogen and oxygen atoms in total. The molecule has 0 bridgehead atoms. The highest BCUT2D eigenvalue weighted by atomic mass is 79.9. The van der Waals surface area contributed by atoms with Gasteiger partial charge in [0.05, 0.1) is 27.9 Å². The first-order valence-corrected chi connectivity index (χ1v) is 24.6. The molecule has 6 aromatic rings. The fraction of sp³-hybridized carbons (Fsp3) is 0.217. The molecule has 0 saturated carbocycles. The van der Waals surface area contributed by atoms with Crippen molar-refractivity contribution in [2.45, 2.75) is 49.6 Å². The molecule has 0 radical (unpaired) electrons. The van der Waals surface area contributed by atoms with Crippen molar-refractivity contribution in [1.82, 2.24) is 39.2 Å². The maximum absolute atomic E-state index is 12.9. The Kier molecular flexibility index (Phi) is 20.1. The molecule has 368 valence electrons. The first kappa shape index (κ1) is 55.8. The summed E-state index contributed by atoms with van der Waals surface area (Å²) in [6.45, 7) is 3.89. The molecule has 0 aliphatic carbocycles. The first-order chi connectivity index (χ1) is 32.8. The summed E-state index contributed by atoms with van der Waals surface area (Å²) in [6.07, 6.45) is 2.85. The summed E-state index contributed by atoms with van der Waals surface area (Å²) in [5, 5.41) is 17.7. The SMILES string of the molecule is CC(=O)NS(=O)(=O)c1ccc(CC(=O)c2nc(-c3ccc(CN(C)C)cc3)cnc2N)cc1.CC(=O)NS(=O)(=O)c1ccc(CC(=O)c2nc(Br)cnc2N)cc1.CN(C)Cc1ccc(B(O)O)cc1. The average Bonchev–Trinajstić information content (AvgIpc) is 3.27. The molecule has 70 heavy (non-hydrogen) atoms. The zero-order valence-corrected chi connectivity index (χ0v) is 42.2. The Morgan fingerprint density at radius 3 is 1.34 bits per heavy atom. The highest BCUT2D eigenvalue weighted by Crippen LogP contribution is 2.22. The summed E-state index contributed by atoms with van der Waals surface area (Å²) in [6, 6.07) is 26.3. The van der Waals surface area contributed by atoms with Crippen molar-refractivity contribution in [1.29, 1.82) is 0 Å². The smallest absolute Gasteiger partial charge is 0.423 e. The topological polar surface area (TPSA) is 311 Å². The van der Waals surface area contributed by atoms with Gasteiger partial charge in [-0.15, -0.1) is 0 Å². The Morgan fingerprint density at radius 1 is 0.586 bits per heavy atom. The maximum atomic E-state index is 12.9. The number of nitrogens with two attached hydrogens (primary N) is 2. The number of nitrogens with one attached hydrogen (secondary N) is 2. The second-order valence-corrected chi connectivity index (χ2v) is 20.2. The van der Waals surface area contributed by atoms with E-state index in [0.717, 1.165) is 43.6 Å². The highest BCUT2D eigenvalue weighted by Gasteiger charge is 2.20. The van der Waals surface area contributed by atoms with Crippen LogP contribution in [0, 0.1) is 0 Å². The van der Waals surface area contributed by atoms with Crippen molar-refractivity contribution in [3.8, 4) is 11.3 Å². The Balaban J connectivity index is 0.000000251. The van der Waals surface area contributed by atoms with Crippen LogP contribution in [0.5, 0.6) is 0 Å². The predicted octanol–water partition coefficient (Wildman–Crippen LogP) is 2.54. The molecule has 6 rings (SSSR count). The van der Waals surface area contributed by atoms with E-state index in [-0.39, 0.29) is 57.2 Å². The minimum Gasteiger partial charge on any atom is -0.423 e. The van der Waals surface area contributed by atoms with Gasteiger partial charge in [-0.25, -0.2) is 46.2 Å². The van der Waals surface area contributed by atoms with Gasteiger partial charge in [-0.1, -0.05) is 72.8 Å². The van der Waals surface area contributed by atoms with Gasteiger partial charge in [0, 0.05) is 45.3 Å². The van der Waals surface area contributed by atoms with Crippen LogP contribution in [0.15, 0.2) is 124 Å². The molecule has 0 unspecified atom stereocenters. The molecule has 2 aromatic heterocycles. The van der Waals surface area contributed by atoms with Crippen molar-refractivity contribution < 1.29 is 46.1 Å². The molecule has 0 aliphatic rings. The van der Waals surface area contributed by atoms with Crippen molar-refractivity contribution >= 4 is 83.6 Å². The van der Waals surface area contributed by atoms with Gasteiger partial charge in [-0.05, 0) is 96.1 Å². The Labute approximate surface area is 415 Å². The number of carbonyl (C=O) groups excluding carboxylic acids is 4. The van der Waals surface area contributed by atoms with E-state index in [9.17, 15) is 36.0 Å². The van der Waals surface area contributed by atoms with Gasteiger partial charge in [0.25, 0.3) is 20.0 Å². The molecule has 8 N–H and O–H groups in total. The van der Waals surface area contributed by atoms with Gasteiger partial charge >= 0.3 is 7.12 Å². The fourth-order valence-electron chi connectivity index (χ4n) is 6.24. The lowest BCUT2D eigenvalue weighted by Crippen LogP contribution is -2.29. The van der Waals surface area contributed by atoms with Crippen LogP contribution >= 0.6 is 15.9 Å². The standard InChI is InChI=1S/C23H25N5O4S.C14H13BrN4O4S.C9H14BNO2/c1-15(29)27-33(31,32)19-10-6-16(7-11-19)12-21(30)22-23(24)25-13-20(26-22)18-8-4-17(5-9-18)14-28(2)3;1-8(20)19-24(22,23)10-4-2-9(3-5-10)6-11(21)13-14(16)17-7-12(15)18-13;1-11(2)7-8-3-5-9(6-4-8)10(12)13/h4-11,13H,12,14H2,1-3H3,(H2,24,25)(H,27,29);2-5,7H,6H2,1H3,(H2,16,17)(H,19,20);3-6,12-13H,7H2,1-2H3. The van der Waals surface area contributed by atoms with E-state index < -0.39 is 39.0 Å². The van der Waals surface area contributed by atoms with Crippen molar-refractivity contribution in [2.24, 2.45) is 0 Å². The number of Topliss-reactive ketones (excluding diaryl/α,β-unsaturated/α-hetero) is 2. The number of benzene rings is 4. The minimum absolute atomic E-state index is 0.0181. The molecule has 4 aromatic carbocycles. The van der Waals surface area contributed by atoms with Crippen LogP contribution in [0.4, 0.5) is 11.6 Å². The molecule has 0 fully saturated rings. The molecule has 2 heterocycles. The molecule has 24 heteroatoms. The molecule has 0 aliphatic heterocycles. The van der Waals surface area contributed by atoms with Gasteiger partial charge < -0.3 is 31.3 Å². The van der Waals surface area contributed by atoms with Crippen molar-refractivity contribution in [3.63, 3.8) is 0 Å². The van der Waals surface area contributed by atoms with Gasteiger partial charge in [-0.3, -0.25) is 19.2 Å². The lowest BCUT2D eigenvalue weighted by Gasteiger charge is -2.11. The minimum atomic E-state index is -3.94. The number of anilines is 2. The molecular weight excluding hydrogens is 1010 g/mol. The van der Waals surface area contributed by atoms with Crippen LogP contribution in [0.25, 0.3) is 11.3 Å². The van der Waals surface area contributed by atoms with E-state index in [1.54, 1.807) is 12.1 Å². The normalized spacial score (nSPS) is 11.1. The lowest BCUT2D eigenvalue weighted by molar-refractivity contribution is -0.118. The number of aromatic nitrogens is 4. The second kappa shape index (κ2) is 25.2. The van der Waals surface area contributed by atoms with E-state index in [4.69, 9.17) is 21.5 Å². The quantitative estimate of drug-likeness (QED) is 0.0599. The number of amides is 2. The predicted molar refractivity (Wildman–Crippen MR) is 268 cm³/mol. The summed E-state index contributed by atoms with van der Waals surface area (Å²) in [5.74, 6) is -2.01. The zero-order chi connectivity index (χ0) is 51.9. The Morgan fingerprint density at radius 2 is 0.957 bits per heavy atom. The van der Waals surface area contributed by atoms with Gasteiger partial charge in [0.15, 0.2) is 23.2 Å². The summed E-state index contributed by atoms with van der Waals surface area (Å²) in [5.41, 5.74) is 17.0. The van der Waals surface area contributed by atoms with Gasteiger partial charge in [0.2, 0.25) is 11.8 Å². The van der Waals surface area contributed by atoms with Crippen LogP contribution in [0.2, 0.25) is 0 Å². The van der Waals surface area contributed by atoms with Crippen LogP contribution < -0.4 is 26.4 Å². The molecule has 0 atom stereocenters. The number of rotatable bonds is 16. The molecule has 2 amide bonds.